The molecular formula is C29H30N2. The minimum Gasteiger partial charge on any atom is -0.196 e. The molecule has 0 spiro atoms. The fourth-order valence-corrected chi connectivity index (χ4v) is 4.61. The molecule has 0 fully saturated rings. The molecule has 31 heavy (non-hydrogen) atoms. The molecule has 156 valence electrons. The third-order valence-corrected chi connectivity index (χ3v) is 6.28. The number of rotatable bonds is 7. The van der Waals surface area contributed by atoms with E-state index < -0.39 is 5.41 Å². The van der Waals surface area contributed by atoms with E-state index in [1.54, 1.807) is 6.08 Å². The van der Waals surface area contributed by atoms with E-state index in [9.17, 15) is 10.5 Å². The maximum atomic E-state index is 10.1. The fourth-order valence-electron chi connectivity index (χ4n) is 4.61. The van der Waals surface area contributed by atoms with Gasteiger partial charge >= 0.3 is 0 Å². The number of nitrogens with zero attached hydrogens (tertiary/aromatic N) is 2. The van der Waals surface area contributed by atoms with Gasteiger partial charge in [0.25, 0.3) is 0 Å². The number of hydrogen-bond acceptors (Lipinski definition) is 2. The smallest absolute Gasteiger partial charge is 0.168 e. The van der Waals surface area contributed by atoms with Crippen LogP contribution in [0.5, 0.6) is 0 Å². The van der Waals surface area contributed by atoms with Crippen molar-refractivity contribution >= 4 is 6.08 Å². The molecule has 0 bridgehead atoms. The molecule has 0 heterocycles. The molecule has 3 rings (SSSR count). The Hall–Kier alpha value is -3.36. The highest BCUT2D eigenvalue weighted by atomic mass is 14.5. The van der Waals surface area contributed by atoms with Crippen LogP contribution >= 0.6 is 0 Å². The minimum atomic E-state index is -1.18. The first-order valence-electron chi connectivity index (χ1n) is 10.9. The molecule has 0 aliphatic heterocycles. The predicted molar refractivity (Wildman–Crippen MR) is 128 cm³/mol. The maximum absolute atomic E-state index is 10.1. The summed E-state index contributed by atoms with van der Waals surface area (Å²) in [6.07, 6.45) is 10.6. The molecule has 0 amide bonds. The van der Waals surface area contributed by atoms with Crippen LogP contribution in [0, 0.1) is 39.4 Å². The summed E-state index contributed by atoms with van der Waals surface area (Å²) in [5.41, 5.74) is 2.06. The van der Waals surface area contributed by atoms with Crippen LogP contribution in [-0.2, 0) is 0 Å². The van der Waals surface area contributed by atoms with Crippen molar-refractivity contribution in [3.05, 3.63) is 102 Å². The average molecular weight is 407 g/mol. The number of allylic oxidation sites excluding steroid dienone is 4. The van der Waals surface area contributed by atoms with E-state index in [1.807, 2.05) is 24.3 Å². The zero-order valence-corrected chi connectivity index (χ0v) is 18.5. The van der Waals surface area contributed by atoms with E-state index in [4.69, 9.17) is 0 Å². The van der Waals surface area contributed by atoms with Gasteiger partial charge in [0.1, 0.15) is 0 Å². The van der Waals surface area contributed by atoms with Crippen LogP contribution in [-0.4, -0.2) is 0 Å². The Morgan fingerprint density at radius 1 is 1.06 bits per heavy atom. The molecule has 0 radical (unpaired) electrons. The standard InChI is InChI=1S/C29H30N2/c1-4-18-29(21-30,22-31)27-20-28(2,3)19-17-26(27)25(24-13-9-6-10-14-24)16-15-23-11-7-5-8-12-23/h4-16,20,25-26H,1,17-19H2,2-3H3/b16-15+/t25-,26?/m0/s1. The summed E-state index contributed by atoms with van der Waals surface area (Å²) in [5, 5.41) is 20.3. The van der Waals surface area contributed by atoms with Crippen LogP contribution in [0.2, 0.25) is 0 Å². The molecule has 1 aliphatic rings. The highest BCUT2D eigenvalue weighted by Crippen LogP contribution is 2.50. The van der Waals surface area contributed by atoms with E-state index in [-0.39, 0.29) is 17.3 Å². The van der Waals surface area contributed by atoms with Gasteiger partial charge in [0.05, 0.1) is 12.1 Å². The van der Waals surface area contributed by atoms with Crippen molar-refractivity contribution in [1.29, 1.82) is 10.5 Å². The van der Waals surface area contributed by atoms with Crippen molar-refractivity contribution < 1.29 is 0 Å². The van der Waals surface area contributed by atoms with E-state index in [1.165, 1.54) is 5.56 Å². The van der Waals surface area contributed by atoms with Crippen molar-refractivity contribution in [2.45, 2.75) is 39.0 Å². The maximum Gasteiger partial charge on any atom is 0.168 e. The molecule has 0 N–H and O–H groups in total. The van der Waals surface area contributed by atoms with Crippen molar-refractivity contribution in [1.82, 2.24) is 0 Å². The van der Waals surface area contributed by atoms with E-state index in [0.717, 1.165) is 24.0 Å². The molecule has 2 atom stereocenters. The second kappa shape index (κ2) is 9.63. The number of hydrogen-bond donors (Lipinski definition) is 0. The van der Waals surface area contributed by atoms with Crippen molar-refractivity contribution in [2.75, 3.05) is 0 Å². The summed E-state index contributed by atoms with van der Waals surface area (Å²) < 4.78 is 0. The van der Waals surface area contributed by atoms with Gasteiger partial charge in [0, 0.05) is 12.3 Å². The van der Waals surface area contributed by atoms with Gasteiger partial charge in [0.15, 0.2) is 5.41 Å². The Balaban J connectivity index is 2.14. The Morgan fingerprint density at radius 3 is 2.26 bits per heavy atom. The van der Waals surface area contributed by atoms with Gasteiger partial charge in [-0.15, -0.1) is 6.58 Å². The number of nitriles is 2. The van der Waals surface area contributed by atoms with E-state index in [0.29, 0.717) is 6.42 Å². The van der Waals surface area contributed by atoms with Gasteiger partial charge in [-0.25, -0.2) is 0 Å². The first-order valence-corrected chi connectivity index (χ1v) is 10.9. The van der Waals surface area contributed by atoms with E-state index in [2.05, 4.69) is 87.2 Å². The Morgan fingerprint density at radius 2 is 1.68 bits per heavy atom. The molecule has 0 saturated carbocycles. The molecule has 0 saturated heterocycles. The van der Waals surface area contributed by atoms with Crippen LogP contribution in [0.4, 0.5) is 0 Å². The Bertz CT molecular complexity index is 1020. The summed E-state index contributed by atoms with van der Waals surface area (Å²) in [6, 6.07) is 25.4. The van der Waals surface area contributed by atoms with Gasteiger partial charge < -0.3 is 0 Å². The second-order valence-electron chi connectivity index (χ2n) is 9.06. The molecule has 2 aromatic rings. The lowest BCUT2D eigenvalue weighted by atomic mass is 9.61. The van der Waals surface area contributed by atoms with Gasteiger partial charge in [-0.1, -0.05) is 98.8 Å². The lowest BCUT2D eigenvalue weighted by Crippen LogP contribution is -2.33. The predicted octanol–water partition coefficient (Wildman–Crippen LogP) is 7.46. The lowest BCUT2D eigenvalue weighted by Gasteiger charge is -2.41. The molecule has 0 aromatic heterocycles. The van der Waals surface area contributed by atoms with Crippen LogP contribution in [0.1, 0.15) is 50.2 Å². The monoisotopic (exact) mass is 406 g/mol. The van der Waals surface area contributed by atoms with Gasteiger partial charge in [-0.2, -0.15) is 10.5 Å². The molecule has 1 unspecified atom stereocenters. The largest absolute Gasteiger partial charge is 0.196 e. The molecular weight excluding hydrogens is 376 g/mol. The normalized spacial score (nSPS) is 19.1. The summed E-state index contributed by atoms with van der Waals surface area (Å²) in [5.74, 6) is 0.157. The highest BCUT2D eigenvalue weighted by molar-refractivity contribution is 5.52. The Kier molecular flexibility index (Phi) is 6.94. The quantitative estimate of drug-likeness (QED) is 0.448. The topological polar surface area (TPSA) is 47.6 Å². The van der Waals surface area contributed by atoms with Gasteiger partial charge in [0.2, 0.25) is 0 Å². The summed E-state index contributed by atoms with van der Waals surface area (Å²) >= 11 is 0. The lowest BCUT2D eigenvalue weighted by molar-refractivity contribution is 0.306. The molecule has 2 nitrogen and oxygen atoms in total. The first kappa shape index (κ1) is 22.3. The van der Waals surface area contributed by atoms with Crippen molar-refractivity contribution in [2.24, 2.45) is 16.7 Å². The van der Waals surface area contributed by atoms with Gasteiger partial charge in [-0.3, -0.25) is 0 Å². The highest BCUT2D eigenvalue weighted by Gasteiger charge is 2.44. The SMILES string of the molecule is C=CCC(C#N)(C#N)C1=CC(C)(C)CCC1[C@@H](/C=C/c1ccccc1)c1ccccc1. The van der Waals surface area contributed by atoms with Crippen LogP contribution < -0.4 is 0 Å². The fraction of sp³-hybridized carbons (Fsp3) is 0.310. The van der Waals surface area contributed by atoms with E-state index >= 15 is 0 Å². The molecule has 2 heteroatoms. The Labute approximate surface area is 186 Å². The van der Waals surface area contributed by atoms with Crippen molar-refractivity contribution in [3.8, 4) is 12.1 Å². The minimum absolute atomic E-state index is 0.0453. The van der Waals surface area contributed by atoms with Crippen LogP contribution in [0.3, 0.4) is 0 Å². The summed E-state index contributed by atoms with van der Waals surface area (Å²) in [4.78, 5) is 0. The van der Waals surface area contributed by atoms with Crippen LogP contribution in [0.25, 0.3) is 6.08 Å². The van der Waals surface area contributed by atoms with Crippen LogP contribution in [0.15, 0.2) is 91.0 Å². The number of benzene rings is 2. The third-order valence-electron chi connectivity index (χ3n) is 6.28. The third kappa shape index (κ3) is 5.04. The first-order chi connectivity index (χ1) is 14.9. The van der Waals surface area contributed by atoms with Gasteiger partial charge in [-0.05, 0) is 40.9 Å². The average Bonchev–Trinajstić information content (AvgIpc) is 2.79. The van der Waals surface area contributed by atoms with Crippen molar-refractivity contribution in [3.63, 3.8) is 0 Å². The molecule has 2 aromatic carbocycles. The summed E-state index contributed by atoms with van der Waals surface area (Å²) in [7, 11) is 0. The molecule has 1 aliphatic carbocycles. The summed E-state index contributed by atoms with van der Waals surface area (Å²) in [6.45, 7) is 8.21. The second-order valence-corrected chi connectivity index (χ2v) is 9.06. The zero-order valence-electron chi connectivity index (χ0n) is 18.5. The zero-order chi connectivity index (χ0) is 22.3.